The summed E-state index contributed by atoms with van der Waals surface area (Å²) >= 11 is 0. The summed E-state index contributed by atoms with van der Waals surface area (Å²) < 4.78 is 15.3. The summed E-state index contributed by atoms with van der Waals surface area (Å²) in [5.74, 6) is 0.687. The molecule has 2 nitrogen and oxygen atoms in total. The predicted molar refractivity (Wildman–Crippen MR) is 53.4 cm³/mol. The SMILES string of the molecule is CC(C)(C)c1ccccc1OP=O. The van der Waals surface area contributed by atoms with Crippen molar-refractivity contribution in [3.8, 4) is 5.75 Å². The second kappa shape index (κ2) is 3.89. The van der Waals surface area contributed by atoms with E-state index >= 15 is 0 Å². The van der Waals surface area contributed by atoms with Crippen molar-refractivity contribution in [3.05, 3.63) is 29.8 Å². The molecule has 0 heterocycles. The van der Waals surface area contributed by atoms with Gasteiger partial charge in [0.1, 0.15) is 5.75 Å². The molecular formula is C10H13O2P. The summed E-state index contributed by atoms with van der Waals surface area (Å²) in [5.41, 5.74) is 1.08. The van der Waals surface area contributed by atoms with E-state index in [0.717, 1.165) is 5.56 Å². The molecule has 1 aromatic carbocycles. The highest BCUT2D eigenvalue weighted by Gasteiger charge is 2.18. The first-order valence-corrected chi connectivity index (χ1v) is 4.88. The number of rotatable bonds is 2. The molecule has 3 heteroatoms. The zero-order valence-electron chi connectivity index (χ0n) is 8.07. The molecule has 0 saturated heterocycles. The fourth-order valence-corrected chi connectivity index (χ4v) is 1.45. The molecule has 1 aromatic rings. The van der Waals surface area contributed by atoms with E-state index in [-0.39, 0.29) is 14.1 Å². The van der Waals surface area contributed by atoms with Crippen LogP contribution in [0.3, 0.4) is 0 Å². The van der Waals surface area contributed by atoms with Crippen molar-refractivity contribution in [1.82, 2.24) is 0 Å². The average Bonchev–Trinajstić information content (AvgIpc) is 2.04. The van der Waals surface area contributed by atoms with E-state index in [4.69, 9.17) is 4.52 Å². The highest BCUT2D eigenvalue weighted by atomic mass is 31.1. The molecule has 0 spiro atoms. The van der Waals surface area contributed by atoms with Crippen LogP contribution in [0.5, 0.6) is 5.75 Å². The molecule has 1 rings (SSSR count). The Kier molecular flexibility index (Phi) is 3.05. The summed E-state index contributed by atoms with van der Waals surface area (Å²) in [7, 11) is -0.302. The molecule has 0 radical (unpaired) electrons. The normalized spacial score (nSPS) is 11.6. The van der Waals surface area contributed by atoms with Gasteiger partial charge in [0.15, 0.2) is 0 Å². The summed E-state index contributed by atoms with van der Waals surface area (Å²) in [4.78, 5) is 0. The van der Waals surface area contributed by atoms with Crippen molar-refractivity contribution in [2.45, 2.75) is 26.2 Å². The second-order valence-electron chi connectivity index (χ2n) is 3.91. The van der Waals surface area contributed by atoms with E-state index in [1.54, 1.807) is 0 Å². The molecule has 0 fully saturated rings. The molecule has 0 aliphatic rings. The molecule has 0 aliphatic heterocycles. The number of benzene rings is 1. The van der Waals surface area contributed by atoms with E-state index in [9.17, 15) is 4.57 Å². The van der Waals surface area contributed by atoms with Crippen LogP contribution in [0.4, 0.5) is 0 Å². The Balaban J connectivity index is 3.11. The largest absolute Gasteiger partial charge is 0.407 e. The first kappa shape index (κ1) is 10.2. The molecule has 0 saturated carbocycles. The van der Waals surface area contributed by atoms with Crippen LogP contribution in [0.2, 0.25) is 0 Å². The highest BCUT2D eigenvalue weighted by molar-refractivity contribution is 7.17. The Morgan fingerprint density at radius 3 is 2.38 bits per heavy atom. The lowest BCUT2D eigenvalue weighted by atomic mass is 9.86. The van der Waals surface area contributed by atoms with Gasteiger partial charge in [-0.15, -0.1) is 0 Å². The Morgan fingerprint density at radius 2 is 1.85 bits per heavy atom. The van der Waals surface area contributed by atoms with Crippen LogP contribution >= 0.6 is 8.69 Å². The number of hydrogen-bond donors (Lipinski definition) is 0. The van der Waals surface area contributed by atoms with Crippen LogP contribution in [0.25, 0.3) is 0 Å². The van der Waals surface area contributed by atoms with Crippen LogP contribution in [-0.2, 0) is 9.98 Å². The standard InChI is InChI=1S/C10H13O2P/c1-10(2,3)8-6-4-5-7-9(8)12-13-11/h4-7H,1-3H3. The first-order valence-electron chi connectivity index (χ1n) is 4.15. The fraction of sp³-hybridized carbons (Fsp3) is 0.400. The third-order valence-electron chi connectivity index (χ3n) is 1.83. The van der Waals surface area contributed by atoms with Crippen molar-refractivity contribution in [3.63, 3.8) is 0 Å². The second-order valence-corrected chi connectivity index (χ2v) is 4.24. The average molecular weight is 196 g/mol. The maximum Gasteiger partial charge on any atom is 0.395 e. The van der Waals surface area contributed by atoms with E-state index in [1.807, 2.05) is 24.3 Å². The minimum absolute atomic E-state index is 0.0152. The molecular weight excluding hydrogens is 183 g/mol. The maximum absolute atomic E-state index is 10.3. The minimum atomic E-state index is -0.302. The molecule has 0 aromatic heterocycles. The quantitative estimate of drug-likeness (QED) is 0.676. The van der Waals surface area contributed by atoms with Crippen LogP contribution in [0.1, 0.15) is 26.3 Å². The van der Waals surface area contributed by atoms with Crippen molar-refractivity contribution >= 4 is 8.69 Å². The molecule has 0 unspecified atom stereocenters. The topological polar surface area (TPSA) is 26.3 Å². The van der Waals surface area contributed by atoms with Crippen molar-refractivity contribution < 1.29 is 9.09 Å². The maximum atomic E-state index is 10.3. The van der Waals surface area contributed by atoms with Crippen LogP contribution in [-0.4, -0.2) is 0 Å². The van der Waals surface area contributed by atoms with Gasteiger partial charge in [0, 0.05) is 5.56 Å². The molecule has 13 heavy (non-hydrogen) atoms. The van der Waals surface area contributed by atoms with Crippen LogP contribution < -0.4 is 4.52 Å². The van der Waals surface area contributed by atoms with Gasteiger partial charge in [-0.3, -0.25) is 0 Å². The molecule has 0 atom stereocenters. The zero-order chi connectivity index (χ0) is 9.90. The van der Waals surface area contributed by atoms with Crippen molar-refractivity contribution in [2.24, 2.45) is 0 Å². The molecule has 0 amide bonds. The van der Waals surface area contributed by atoms with Gasteiger partial charge in [0.2, 0.25) is 0 Å². The zero-order valence-corrected chi connectivity index (χ0v) is 8.97. The van der Waals surface area contributed by atoms with Crippen molar-refractivity contribution in [1.29, 1.82) is 0 Å². The summed E-state index contributed by atoms with van der Waals surface area (Å²) in [6.07, 6.45) is 0. The summed E-state index contributed by atoms with van der Waals surface area (Å²) in [6.45, 7) is 6.28. The third kappa shape index (κ3) is 2.53. The summed E-state index contributed by atoms with van der Waals surface area (Å²) in [5, 5.41) is 0. The fourth-order valence-electron chi connectivity index (χ4n) is 1.21. The summed E-state index contributed by atoms with van der Waals surface area (Å²) in [6, 6.07) is 7.64. The molecule has 0 bridgehead atoms. The smallest absolute Gasteiger partial charge is 0.395 e. The van der Waals surface area contributed by atoms with Gasteiger partial charge in [-0.25, -0.2) is 4.57 Å². The molecule has 0 N–H and O–H groups in total. The van der Waals surface area contributed by atoms with E-state index in [2.05, 4.69) is 20.8 Å². The van der Waals surface area contributed by atoms with Crippen LogP contribution in [0, 0.1) is 0 Å². The minimum Gasteiger partial charge on any atom is -0.407 e. The van der Waals surface area contributed by atoms with Gasteiger partial charge >= 0.3 is 8.69 Å². The van der Waals surface area contributed by atoms with Gasteiger partial charge in [-0.05, 0) is 11.5 Å². The van der Waals surface area contributed by atoms with Gasteiger partial charge in [-0.1, -0.05) is 39.0 Å². The van der Waals surface area contributed by atoms with Crippen molar-refractivity contribution in [2.75, 3.05) is 0 Å². The lowest BCUT2D eigenvalue weighted by Gasteiger charge is -2.20. The van der Waals surface area contributed by atoms with Gasteiger partial charge in [0.05, 0.1) is 0 Å². The van der Waals surface area contributed by atoms with E-state index in [1.165, 1.54) is 0 Å². The first-order chi connectivity index (χ1) is 6.05. The Hall–Kier alpha value is -0.880. The lowest BCUT2D eigenvalue weighted by molar-refractivity contribution is 0.503. The Labute approximate surface area is 80.2 Å². The van der Waals surface area contributed by atoms with Gasteiger partial charge in [-0.2, -0.15) is 0 Å². The molecule has 0 aliphatic carbocycles. The molecule has 70 valence electrons. The third-order valence-corrected chi connectivity index (χ3v) is 2.10. The van der Waals surface area contributed by atoms with Crippen LogP contribution in [0.15, 0.2) is 24.3 Å². The van der Waals surface area contributed by atoms with E-state index in [0.29, 0.717) is 5.75 Å². The Bertz CT molecular complexity index is 302. The Morgan fingerprint density at radius 1 is 1.23 bits per heavy atom. The van der Waals surface area contributed by atoms with E-state index < -0.39 is 0 Å². The monoisotopic (exact) mass is 196 g/mol. The predicted octanol–water partition coefficient (Wildman–Crippen LogP) is 3.57. The highest BCUT2D eigenvalue weighted by Crippen LogP contribution is 2.32. The number of para-hydroxylation sites is 1. The van der Waals surface area contributed by atoms with Gasteiger partial charge < -0.3 is 4.52 Å². The number of hydrogen-bond acceptors (Lipinski definition) is 2. The van der Waals surface area contributed by atoms with Gasteiger partial charge in [0.25, 0.3) is 0 Å². The lowest BCUT2D eigenvalue weighted by Crippen LogP contribution is -2.11.